The lowest BCUT2D eigenvalue weighted by atomic mass is 10.1. The number of rotatable bonds is 3. The predicted molar refractivity (Wildman–Crippen MR) is 81.3 cm³/mol. The van der Waals surface area contributed by atoms with Crippen molar-refractivity contribution in [3.8, 4) is 0 Å². The molecule has 3 N–H and O–H groups in total. The maximum atomic E-state index is 12.2. The zero-order valence-corrected chi connectivity index (χ0v) is 13.1. The van der Waals surface area contributed by atoms with Crippen molar-refractivity contribution in [2.75, 3.05) is 5.73 Å². The number of nitrogens with two attached hydrogens (primary N) is 1. The van der Waals surface area contributed by atoms with Gasteiger partial charge >= 0.3 is 0 Å². The minimum Gasteiger partial charge on any atom is -0.398 e. The van der Waals surface area contributed by atoms with E-state index < -0.39 is 0 Å². The Bertz CT molecular complexity index is 624. The van der Waals surface area contributed by atoms with Crippen LogP contribution in [0.25, 0.3) is 0 Å². The maximum absolute atomic E-state index is 12.2. The second kappa shape index (κ2) is 5.71. The summed E-state index contributed by atoms with van der Waals surface area (Å²) in [6, 6.07) is 3.57. The molecule has 0 saturated heterocycles. The standard InChI is InChI=1S/C13H14BrN3OS/c1-7-10(3-9(14)4-11(7)15)13(18)16-5-12-8(2)17-6-19-12/h3-4,6H,5,15H2,1-2H3,(H,16,18). The van der Waals surface area contributed by atoms with Crippen LogP contribution < -0.4 is 11.1 Å². The van der Waals surface area contributed by atoms with E-state index >= 15 is 0 Å². The molecule has 2 rings (SSSR count). The van der Waals surface area contributed by atoms with Gasteiger partial charge in [0, 0.05) is 20.6 Å². The Hall–Kier alpha value is -1.40. The molecule has 100 valence electrons. The summed E-state index contributed by atoms with van der Waals surface area (Å²) >= 11 is 4.89. The summed E-state index contributed by atoms with van der Waals surface area (Å²) in [5.41, 5.74) is 10.6. The molecule has 19 heavy (non-hydrogen) atoms. The van der Waals surface area contributed by atoms with Gasteiger partial charge < -0.3 is 11.1 Å². The van der Waals surface area contributed by atoms with Crippen molar-refractivity contribution >= 4 is 38.9 Å². The van der Waals surface area contributed by atoms with Gasteiger partial charge in [-0.25, -0.2) is 4.98 Å². The summed E-state index contributed by atoms with van der Waals surface area (Å²) < 4.78 is 0.801. The van der Waals surface area contributed by atoms with Crippen LogP contribution in [-0.2, 0) is 6.54 Å². The molecule has 6 heteroatoms. The highest BCUT2D eigenvalue weighted by atomic mass is 79.9. The zero-order valence-electron chi connectivity index (χ0n) is 10.7. The number of carbonyl (C=O) groups is 1. The minimum atomic E-state index is -0.127. The van der Waals surface area contributed by atoms with Gasteiger partial charge in [-0.3, -0.25) is 4.79 Å². The average Bonchev–Trinajstić information content (AvgIpc) is 2.76. The van der Waals surface area contributed by atoms with Gasteiger partial charge in [0.2, 0.25) is 0 Å². The number of nitrogens with one attached hydrogen (secondary N) is 1. The zero-order chi connectivity index (χ0) is 14.0. The minimum absolute atomic E-state index is 0.127. The van der Waals surface area contributed by atoms with Crippen molar-refractivity contribution in [2.24, 2.45) is 0 Å². The number of thiazole rings is 1. The van der Waals surface area contributed by atoms with Crippen LogP contribution in [0.5, 0.6) is 0 Å². The lowest BCUT2D eigenvalue weighted by Crippen LogP contribution is -2.23. The maximum Gasteiger partial charge on any atom is 0.251 e. The van der Waals surface area contributed by atoms with Crippen LogP contribution in [0.2, 0.25) is 0 Å². The lowest BCUT2D eigenvalue weighted by molar-refractivity contribution is 0.0950. The number of carbonyl (C=O) groups excluding carboxylic acids is 1. The SMILES string of the molecule is Cc1ncsc1CNC(=O)c1cc(Br)cc(N)c1C. The Kier molecular flexibility index (Phi) is 4.21. The Balaban J connectivity index is 2.15. The summed E-state index contributed by atoms with van der Waals surface area (Å²) in [6.45, 7) is 4.26. The Labute approximate surface area is 124 Å². The molecule has 0 radical (unpaired) electrons. The van der Waals surface area contributed by atoms with Crippen LogP contribution in [0, 0.1) is 13.8 Å². The fraction of sp³-hybridized carbons (Fsp3) is 0.231. The molecule has 0 fully saturated rings. The normalized spacial score (nSPS) is 10.5. The molecule has 0 aliphatic carbocycles. The Morgan fingerprint density at radius 3 is 2.84 bits per heavy atom. The number of hydrogen-bond donors (Lipinski definition) is 2. The van der Waals surface area contributed by atoms with Crippen LogP contribution in [-0.4, -0.2) is 10.9 Å². The first-order chi connectivity index (χ1) is 8.99. The van der Waals surface area contributed by atoms with Crippen molar-refractivity contribution in [1.29, 1.82) is 0 Å². The molecule has 2 aromatic rings. The number of nitrogen functional groups attached to an aromatic ring is 1. The van der Waals surface area contributed by atoms with Gasteiger partial charge in [-0.2, -0.15) is 0 Å². The Morgan fingerprint density at radius 2 is 2.21 bits per heavy atom. The molecule has 0 bridgehead atoms. The second-order valence-corrected chi connectivity index (χ2v) is 6.07. The van der Waals surface area contributed by atoms with Gasteiger partial charge in [-0.1, -0.05) is 15.9 Å². The Morgan fingerprint density at radius 1 is 1.47 bits per heavy atom. The summed E-state index contributed by atoms with van der Waals surface area (Å²) in [6.07, 6.45) is 0. The summed E-state index contributed by atoms with van der Waals surface area (Å²) in [4.78, 5) is 17.4. The third-order valence-electron chi connectivity index (χ3n) is 2.91. The van der Waals surface area contributed by atoms with Crippen LogP contribution in [0.4, 0.5) is 5.69 Å². The van der Waals surface area contributed by atoms with E-state index in [-0.39, 0.29) is 5.91 Å². The van der Waals surface area contributed by atoms with Crippen LogP contribution in [0.1, 0.15) is 26.5 Å². The van der Waals surface area contributed by atoms with E-state index in [1.807, 2.05) is 13.8 Å². The van der Waals surface area contributed by atoms with Gasteiger partial charge in [0.1, 0.15) is 0 Å². The molecule has 0 atom stereocenters. The van der Waals surface area contributed by atoms with Crippen molar-refractivity contribution in [3.05, 3.63) is 43.8 Å². The summed E-state index contributed by atoms with van der Waals surface area (Å²) in [5, 5.41) is 2.89. The first kappa shape index (κ1) is 14.0. The number of aryl methyl sites for hydroxylation is 1. The molecule has 0 spiro atoms. The summed E-state index contributed by atoms with van der Waals surface area (Å²) in [5.74, 6) is -0.127. The van der Waals surface area contributed by atoms with E-state index in [9.17, 15) is 4.79 Å². The molecular formula is C13H14BrN3OS. The van der Waals surface area contributed by atoms with E-state index in [2.05, 4.69) is 26.2 Å². The fourth-order valence-electron chi connectivity index (χ4n) is 1.69. The average molecular weight is 340 g/mol. The molecule has 0 unspecified atom stereocenters. The number of aromatic nitrogens is 1. The van der Waals surface area contributed by atoms with E-state index in [0.717, 1.165) is 20.6 Å². The number of benzene rings is 1. The van der Waals surface area contributed by atoms with Gasteiger partial charge in [0.25, 0.3) is 5.91 Å². The van der Waals surface area contributed by atoms with Crippen LogP contribution in [0.15, 0.2) is 22.1 Å². The monoisotopic (exact) mass is 339 g/mol. The quantitative estimate of drug-likeness (QED) is 0.844. The molecule has 0 saturated carbocycles. The van der Waals surface area contributed by atoms with E-state index in [1.54, 1.807) is 17.6 Å². The second-order valence-electron chi connectivity index (χ2n) is 4.21. The van der Waals surface area contributed by atoms with E-state index in [4.69, 9.17) is 5.73 Å². The molecule has 1 aromatic heterocycles. The number of anilines is 1. The lowest BCUT2D eigenvalue weighted by Gasteiger charge is -2.10. The number of hydrogen-bond acceptors (Lipinski definition) is 4. The first-order valence-corrected chi connectivity index (χ1v) is 7.39. The van der Waals surface area contributed by atoms with Crippen molar-refractivity contribution < 1.29 is 4.79 Å². The largest absolute Gasteiger partial charge is 0.398 e. The van der Waals surface area contributed by atoms with Crippen molar-refractivity contribution in [3.63, 3.8) is 0 Å². The third-order valence-corrected chi connectivity index (χ3v) is 4.30. The number of halogens is 1. The highest BCUT2D eigenvalue weighted by molar-refractivity contribution is 9.10. The molecule has 4 nitrogen and oxygen atoms in total. The van der Waals surface area contributed by atoms with Gasteiger partial charge in [0.05, 0.1) is 17.7 Å². The smallest absolute Gasteiger partial charge is 0.251 e. The predicted octanol–water partition coefficient (Wildman–Crippen LogP) is 3.03. The topological polar surface area (TPSA) is 68.0 Å². The number of amides is 1. The van der Waals surface area contributed by atoms with Crippen LogP contribution >= 0.6 is 27.3 Å². The molecule has 0 aliphatic heterocycles. The molecule has 1 amide bonds. The fourth-order valence-corrected chi connectivity index (χ4v) is 2.88. The van der Waals surface area contributed by atoms with E-state index in [1.165, 1.54) is 11.3 Å². The first-order valence-electron chi connectivity index (χ1n) is 5.72. The van der Waals surface area contributed by atoms with Gasteiger partial charge in [0.15, 0.2) is 0 Å². The van der Waals surface area contributed by atoms with E-state index in [0.29, 0.717) is 17.8 Å². The molecule has 1 heterocycles. The van der Waals surface area contributed by atoms with Crippen molar-refractivity contribution in [2.45, 2.75) is 20.4 Å². The molecule has 0 aliphatic rings. The van der Waals surface area contributed by atoms with Gasteiger partial charge in [-0.05, 0) is 31.5 Å². The summed E-state index contributed by atoms with van der Waals surface area (Å²) in [7, 11) is 0. The highest BCUT2D eigenvalue weighted by Gasteiger charge is 2.12. The number of nitrogens with zero attached hydrogens (tertiary/aromatic N) is 1. The van der Waals surface area contributed by atoms with Gasteiger partial charge in [-0.15, -0.1) is 11.3 Å². The molecular weight excluding hydrogens is 326 g/mol. The molecule has 1 aromatic carbocycles. The highest BCUT2D eigenvalue weighted by Crippen LogP contribution is 2.23. The third kappa shape index (κ3) is 3.13. The van der Waals surface area contributed by atoms with Crippen molar-refractivity contribution in [1.82, 2.24) is 10.3 Å². The van der Waals surface area contributed by atoms with Crippen LogP contribution in [0.3, 0.4) is 0 Å².